The first-order valence-electron chi connectivity index (χ1n) is 8.98. The van der Waals surface area contributed by atoms with E-state index >= 15 is 0 Å². The number of benzene rings is 1. The number of halogens is 2. The number of carbonyl (C=O) groups excluding carboxylic acids is 1. The largest absolute Gasteiger partial charge is 0.496 e. The number of hydrogen-bond donors (Lipinski definition) is 2. The van der Waals surface area contributed by atoms with Crippen LogP contribution in [0.1, 0.15) is 12.0 Å². The Morgan fingerprint density at radius 3 is 3.14 bits per heavy atom. The molecule has 0 aliphatic carbocycles. The second-order valence-corrected chi connectivity index (χ2v) is 7.86. The Hall–Kier alpha value is -1.68. The van der Waals surface area contributed by atoms with Gasteiger partial charge in [0.05, 0.1) is 30.0 Å². The van der Waals surface area contributed by atoms with Crippen molar-refractivity contribution in [1.82, 2.24) is 10.2 Å². The smallest absolute Gasteiger partial charge is 0.230 e. The molecule has 1 fully saturated rings. The zero-order valence-corrected chi connectivity index (χ0v) is 16.8. The number of amidine groups is 1. The Labute approximate surface area is 172 Å². The van der Waals surface area contributed by atoms with Crippen LogP contribution in [-0.4, -0.2) is 71.6 Å². The summed E-state index contributed by atoms with van der Waals surface area (Å²) in [4.78, 5) is 22.3. The number of thioether (sulfide) groups is 1. The van der Waals surface area contributed by atoms with Crippen molar-refractivity contribution in [3.63, 3.8) is 0 Å². The Morgan fingerprint density at radius 2 is 2.36 bits per heavy atom. The number of aliphatic imine (C=N–C) groups is 2. The molecule has 1 saturated heterocycles. The summed E-state index contributed by atoms with van der Waals surface area (Å²) in [5.74, 6) is -0.332. The average Bonchev–Trinajstić information content (AvgIpc) is 2.68. The van der Waals surface area contributed by atoms with Crippen LogP contribution in [0.3, 0.4) is 0 Å². The van der Waals surface area contributed by atoms with Gasteiger partial charge in [0.1, 0.15) is 5.82 Å². The van der Waals surface area contributed by atoms with Crippen molar-refractivity contribution in [2.24, 2.45) is 9.98 Å². The van der Waals surface area contributed by atoms with Crippen LogP contribution in [0, 0.1) is 5.82 Å². The van der Waals surface area contributed by atoms with Gasteiger partial charge in [-0.2, -0.15) is 4.99 Å². The summed E-state index contributed by atoms with van der Waals surface area (Å²) in [6.45, 7) is 3.52. The fourth-order valence-corrected chi connectivity index (χ4v) is 3.80. The van der Waals surface area contributed by atoms with Gasteiger partial charge >= 0.3 is 0 Å². The molecular formula is C18H22ClFN4O3S. The highest BCUT2D eigenvalue weighted by Gasteiger charge is 2.21. The normalized spacial score (nSPS) is 20.4. The average molecular weight is 429 g/mol. The van der Waals surface area contributed by atoms with Crippen LogP contribution in [0.4, 0.5) is 4.39 Å². The lowest BCUT2D eigenvalue weighted by molar-refractivity contribution is -0.119. The van der Waals surface area contributed by atoms with Gasteiger partial charge in [-0.1, -0.05) is 29.4 Å². The fourth-order valence-electron chi connectivity index (χ4n) is 2.88. The number of carbonyl (C=O) groups is 1. The quantitative estimate of drug-likeness (QED) is 0.725. The van der Waals surface area contributed by atoms with E-state index in [9.17, 15) is 14.3 Å². The number of nitrogens with zero attached hydrogens (tertiary/aromatic N) is 3. The highest BCUT2D eigenvalue weighted by molar-refractivity contribution is 8.14. The van der Waals surface area contributed by atoms with Crippen LogP contribution < -0.4 is 5.32 Å². The van der Waals surface area contributed by atoms with Gasteiger partial charge in [0.15, 0.2) is 11.1 Å². The lowest BCUT2D eigenvalue weighted by Crippen LogP contribution is -2.47. The highest BCUT2D eigenvalue weighted by Crippen LogP contribution is 2.18. The van der Waals surface area contributed by atoms with Gasteiger partial charge in [0.2, 0.25) is 5.91 Å². The molecular weight excluding hydrogens is 407 g/mol. The number of amides is 1. The molecule has 0 saturated carbocycles. The molecule has 0 unspecified atom stereocenters. The van der Waals surface area contributed by atoms with E-state index in [1.807, 2.05) is 0 Å². The van der Waals surface area contributed by atoms with E-state index in [0.717, 1.165) is 12.1 Å². The number of rotatable bonds is 6. The van der Waals surface area contributed by atoms with Crippen molar-refractivity contribution in [3.8, 4) is 0 Å². The van der Waals surface area contributed by atoms with E-state index in [1.165, 1.54) is 17.8 Å². The Morgan fingerprint density at radius 1 is 1.50 bits per heavy atom. The summed E-state index contributed by atoms with van der Waals surface area (Å²) >= 11 is 7.04. The molecule has 2 aliphatic heterocycles. The second-order valence-electron chi connectivity index (χ2n) is 6.51. The monoisotopic (exact) mass is 428 g/mol. The molecule has 1 aromatic carbocycles. The molecule has 1 amide bonds. The van der Waals surface area contributed by atoms with E-state index in [2.05, 4.69) is 20.2 Å². The highest BCUT2D eigenvalue weighted by atomic mass is 35.5. The number of nitrogens with one attached hydrogen (secondary N) is 1. The predicted molar refractivity (Wildman–Crippen MR) is 109 cm³/mol. The van der Waals surface area contributed by atoms with Crippen molar-refractivity contribution in [3.05, 3.63) is 34.6 Å². The Kier molecular flexibility index (Phi) is 7.66. The van der Waals surface area contributed by atoms with E-state index in [4.69, 9.17) is 16.3 Å². The number of ether oxygens (including phenoxy) is 1. The molecule has 1 aromatic rings. The third-order valence-corrected chi connectivity index (χ3v) is 5.45. The molecule has 3 rings (SSSR count). The fraction of sp³-hybridized carbons (Fsp3) is 0.500. The summed E-state index contributed by atoms with van der Waals surface area (Å²) < 4.78 is 19.0. The first-order chi connectivity index (χ1) is 13.5. The van der Waals surface area contributed by atoms with Gasteiger partial charge in [-0.3, -0.25) is 14.7 Å². The minimum absolute atomic E-state index is 0.0519. The SMILES string of the molecule is O=C(CSC1=NCCC(O)=N1)NC[C@H]1CN(Cc2ccc(F)c(Cl)c2)CCO1. The van der Waals surface area contributed by atoms with E-state index in [1.54, 1.807) is 12.1 Å². The number of aliphatic hydroxyl groups excluding tert-OH is 1. The van der Waals surface area contributed by atoms with Crippen molar-refractivity contribution in [2.45, 2.75) is 19.1 Å². The van der Waals surface area contributed by atoms with Crippen LogP contribution in [0.15, 0.2) is 28.2 Å². The molecule has 10 heteroatoms. The predicted octanol–water partition coefficient (Wildman–Crippen LogP) is 2.25. The molecule has 7 nitrogen and oxygen atoms in total. The molecule has 152 valence electrons. The van der Waals surface area contributed by atoms with Crippen LogP contribution in [0.5, 0.6) is 0 Å². The van der Waals surface area contributed by atoms with Gasteiger partial charge in [-0.05, 0) is 17.7 Å². The van der Waals surface area contributed by atoms with Gasteiger partial charge in [0.25, 0.3) is 0 Å². The van der Waals surface area contributed by atoms with Gasteiger partial charge in [-0.15, -0.1) is 0 Å². The maximum atomic E-state index is 13.3. The first-order valence-corrected chi connectivity index (χ1v) is 10.3. The van der Waals surface area contributed by atoms with E-state index < -0.39 is 5.82 Å². The Bertz CT molecular complexity index is 777. The lowest BCUT2D eigenvalue weighted by atomic mass is 10.2. The van der Waals surface area contributed by atoms with Gasteiger partial charge in [-0.25, -0.2) is 4.39 Å². The number of aliphatic hydroxyl groups is 1. The van der Waals surface area contributed by atoms with Gasteiger partial charge in [0, 0.05) is 32.6 Å². The third-order valence-electron chi connectivity index (χ3n) is 4.28. The van der Waals surface area contributed by atoms with Crippen molar-refractivity contribution >= 4 is 40.3 Å². The van der Waals surface area contributed by atoms with Gasteiger partial charge < -0.3 is 15.2 Å². The Balaban J connectivity index is 1.40. The van der Waals surface area contributed by atoms with E-state index in [-0.39, 0.29) is 28.7 Å². The molecule has 2 heterocycles. The van der Waals surface area contributed by atoms with Crippen LogP contribution in [0.25, 0.3) is 0 Å². The second kappa shape index (κ2) is 10.2. The molecule has 0 aromatic heterocycles. The van der Waals surface area contributed by atoms with Crippen LogP contribution in [-0.2, 0) is 16.1 Å². The molecule has 28 heavy (non-hydrogen) atoms. The number of hydrogen-bond acceptors (Lipinski definition) is 6. The summed E-state index contributed by atoms with van der Waals surface area (Å²) in [5.41, 5.74) is 0.935. The maximum absolute atomic E-state index is 13.3. The summed E-state index contributed by atoms with van der Waals surface area (Å²) in [6, 6.07) is 4.72. The molecule has 2 aliphatic rings. The molecule has 2 N–H and O–H groups in total. The standard InChI is InChI=1S/C18H22ClFN4O3S/c19-14-7-12(1-2-15(14)20)9-24-5-6-27-13(10-24)8-22-17(26)11-28-18-21-4-3-16(25)23-18/h1-2,7,13H,3-6,8-11H2,(H,22,26)(H,21,23,25)/t13-/m0/s1. The molecule has 0 radical (unpaired) electrons. The van der Waals surface area contributed by atoms with Crippen LogP contribution in [0.2, 0.25) is 5.02 Å². The maximum Gasteiger partial charge on any atom is 0.230 e. The summed E-state index contributed by atoms with van der Waals surface area (Å²) in [5, 5.41) is 12.8. The summed E-state index contributed by atoms with van der Waals surface area (Å²) in [6.07, 6.45) is 0.323. The third kappa shape index (κ3) is 6.44. The topological polar surface area (TPSA) is 86.5 Å². The number of morpholine rings is 1. The molecule has 0 bridgehead atoms. The minimum atomic E-state index is -0.425. The van der Waals surface area contributed by atoms with Crippen LogP contribution >= 0.6 is 23.4 Å². The van der Waals surface area contributed by atoms with Crippen molar-refractivity contribution in [2.75, 3.05) is 38.5 Å². The van der Waals surface area contributed by atoms with Crippen molar-refractivity contribution in [1.29, 1.82) is 0 Å². The molecule has 1 atom stereocenters. The lowest BCUT2D eigenvalue weighted by Gasteiger charge is -2.33. The molecule has 0 spiro atoms. The first kappa shape index (κ1) is 21.0. The minimum Gasteiger partial charge on any atom is -0.496 e. The van der Waals surface area contributed by atoms with E-state index in [0.29, 0.717) is 44.4 Å². The summed E-state index contributed by atoms with van der Waals surface area (Å²) in [7, 11) is 0. The zero-order valence-electron chi connectivity index (χ0n) is 15.2. The van der Waals surface area contributed by atoms with Crippen molar-refractivity contribution < 1.29 is 19.0 Å². The zero-order chi connectivity index (χ0) is 19.9.